The Morgan fingerprint density at radius 3 is 2.67 bits per heavy atom. The molecule has 0 radical (unpaired) electrons. The molecule has 0 bridgehead atoms. The van der Waals surface area contributed by atoms with Crippen molar-refractivity contribution in [1.82, 2.24) is 5.32 Å². The summed E-state index contributed by atoms with van der Waals surface area (Å²) in [7, 11) is -4.11. The molecule has 1 saturated carbocycles. The highest BCUT2D eigenvalue weighted by Gasteiger charge is 2.28. The Balaban J connectivity index is 2.19. The van der Waals surface area contributed by atoms with Gasteiger partial charge in [0.15, 0.2) is 0 Å². The Morgan fingerprint density at radius 1 is 1.52 bits per heavy atom. The molecular formula is C13H16BrFN2O3S. The number of halogens is 2. The topological polar surface area (TPSA) is 89.3 Å². The minimum absolute atomic E-state index is 0.0669. The molecule has 1 aliphatic rings. The van der Waals surface area contributed by atoms with Crippen molar-refractivity contribution in [1.29, 1.82) is 0 Å². The van der Waals surface area contributed by atoms with Crippen LogP contribution in [0.3, 0.4) is 0 Å². The summed E-state index contributed by atoms with van der Waals surface area (Å²) < 4.78 is 36.2. The molecule has 1 fully saturated rings. The maximum atomic E-state index is 13.7. The van der Waals surface area contributed by atoms with E-state index in [1.54, 1.807) is 0 Å². The van der Waals surface area contributed by atoms with Crippen LogP contribution in [0.15, 0.2) is 21.5 Å². The van der Waals surface area contributed by atoms with Crippen LogP contribution in [0.4, 0.5) is 4.39 Å². The molecule has 0 spiro atoms. The average molecular weight is 379 g/mol. The Hall–Kier alpha value is -0.990. The second-order valence-corrected chi connectivity index (χ2v) is 7.66. The van der Waals surface area contributed by atoms with E-state index in [-0.39, 0.29) is 10.0 Å². The molecule has 2 rings (SSSR count). The number of benzene rings is 1. The first-order valence-corrected chi connectivity index (χ1v) is 8.84. The third kappa shape index (κ3) is 4.02. The predicted octanol–water partition coefficient (Wildman–Crippen LogP) is 2.01. The van der Waals surface area contributed by atoms with Crippen molar-refractivity contribution >= 4 is 31.9 Å². The molecule has 0 aromatic heterocycles. The van der Waals surface area contributed by atoms with Crippen LogP contribution >= 0.6 is 15.9 Å². The van der Waals surface area contributed by atoms with E-state index in [1.165, 1.54) is 12.8 Å². The average Bonchev–Trinajstić information content (AvgIpc) is 3.21. The quantitative estimate of drug-likeness (QED) is 0.820. The smallest absolute Gasteiger partial charge is 0.251 e. The van der Waals surface area contributed by atoms with Crippen LogP contribution in [-0.2, 0) is 10.0 Å². The largest absolute Gasteiger partial charge is 0.352 e. The number of sulfonamides is 1. The maximum Gasteiger partial charge on any atom is 0.251 e. The summed E-state index contributed by atoms with van der Waals surface area (Å²) in [4.78, 5) is 11.6. The molecule has 0 saturated heterocycles. The molecule has 0 heterocycles. The molecule has 1 amide bonds. The first-order chi connectivity index (χ1) is 9.70. The van der Waals surface area contributed by atoms with Crippen molar-refractivity contribution in [3.63, 3.8) is 0 Å². The van der Waals surface area contributed by atoms with Crippen LogP contribution in [-0.4, -0.2) is 20.9 Å². The van der Waals surface area contributed by atoms with E-state index in [2.05, 4.69) is 21.2 Å². The zero-order valence-electron chi connectivity index (χ0n) is 11.4. The summed E-state index contributed by atoms with van der Waals surface area (Å²) >= 11 is 2.82. The summed E-state index contributed by atoms with van der Waals surface area (Å²) in [5.74, 6) is -0.375. The van der Waals surface area contributed by atoms with E-state index in [9.17, 15) is 17.6 Å². The number of rotatable bonds is 5. The van der Waals surface area contributed by atoms with Crippen LogP contribution in [0.5, 0.6) is 0 Å². The van der Waals surface area contributed by atoms with E-state index in [0.717, 1.165) is 12.1 Å². The number of nitrogens with two attached hydrogens (primary N) is 1. The molecule has 0 aliphatic heterocycles. The van der Waals surface area contributed by atoms with Gasteiger partial charge in [0.2, 0.25) is 10.0 Å². The molecular weight excluding hydrogens is 363 g/mol. The number of amides is 1. The number of hydrogen-bond donors (Lipinski definition) is 2. The molecule has 1 unspecified atom stereocenters. The van der Waals surface area contributed by atoms with Gasteiger partial charge in [-0.3, -0.25) is 4.79 Å². The van der Waals surface area contributed by atoms with Gasteiger partial charge in [0, 0.05) is 12.1 Å². The van der Waals surface area contributed by atoms with Crippen LogP contribution in [0, 0.1) is 17.7 Å². The zero-order valence-corrected chi connectivity index (χ0v) is 13.8. The Labute approximate surface area is 131 Å². The summed E-state index contributed by atoms with van der Waals surface area (Å²) in [5, 5.41) is 7.70. The lowest BCUT2D eigenvalue weighted by atomic mass is 10.1. The minimum atomic E-state index is -4.11. The molecule has 3 N–H and O–H groups in total. The van der Waals surface area contributed by atoms with Gasteiger partial charge in [0.05, 0.1) is 9.37 Å². The lowest BCUT2D eigenvalue weighted by Crippen LogP contribution is -2.29. The van der Waals surface area contributed by atoms with E-state index in [1.807, 2.05) is 6.92 Å². The van der Waals surface area contributed by atoms with E-state index < -0.39 is 26.6 Å². The summed E-state index contributed by atoms with van der Waals surface area (Å²) in [6.07, 6.45) is 2.33. The molecule has 116 valence electrons. The van der Waals surface area contributed by atoms with Gasteiger partial charge in [-0.1, -0.05) is 6.92 Å². The van der Waals surface area contributed by atoms with Gasteiger partial charge in [-0.15, -0.1) is 0 Å². The summed E-state index contributed by atoms with van der Waals surface area (Å²) in [6, 6.07) is 2.05. The fraction of sp³-hybridized carbons (Fsp3) is 0.462. The highest BCUT2D eigenvalue weighted by Crippen LogP contribution is 2.36. The third-order valence-corrected chi connectivity index (χ3v) is 5.58. The number of carbonyl (C=O) groups excluding carboxylic acids is 1. The first kappa shape index (κ1) is 16.4. The maximum absolute atomic E-state index is 13.7. The van der Waals surface area contributed by atoms with Crippen molar-refractivity contribution in [2.45, 2.75) is 24.7 Å². The van der Waals surface area contributed by atoms with Crippen LogP contribution in [0.2, 0.25) is 0 Å². The molecule has 8 heteroatoms. The van der Waals surface area contributed by atoms with Gasteiger partial charge < -0.3 is 5.32 Å². The lowest BCUT2D eigenvalue weighted by molar-refractivity contribution is 0.0946. The number of nitrogens with one attached hydrogen (secondary N) is 1. The highest BCUT2D eigenvalue weighted by molar-refractivity contribution is 9.10. The second kappa shape index (κ2) is 6.02. The van der Waals surface area contributed by atoms with Crippen molar-refractivity contribution in [2.75, 3.05) is 6.54 Å². The van der Waals surface area contributed by atoms with Crippen molar-refractivity contribution in [3.05, 3.63) is 28.0 Å². The fourth-order valence-electron chi connectivity index (χ4n) is 2.09. The van der Waals surface area contributed by atoms with Crippen molar-refractivity contribution in [2.24, 2.45) is 17.0 Å². The molecule has 5 nitrogen and oxygen atoms in total. The molecule has 1 atom stereocenters. The van der Waals surface area contributed by atoms with Gasteiger partial charge in [-0.2, -0.15) is 0 Å². The molecule has 1 aromatic rings. The molecule has 1 aliphatic carbocycles. The predicted molar refractivity (Wildman–Crippen MR) is 79.7 cm³/mol. The summed E-state index contributed by atoms with van der Waals surface area (Å²) in [6.45, 7) is 2.52. The van der Waals surface area contributed by atoms with Crippen LogP contribution < -0.4 is 10.5 Å². The third-order valence-electron chi connectivity index (χ3n) is 3.57. The Morgan fingerprint density at radius 2 is 2.14 bits per heavy atom. The standard InChI is InChI=1S/C13H16BrFN2O3S/c1-7(8-2-3-8)6-17-13(18)9-4-10(15)12(14)11(5-9)21(16,19)20/h4-5,7-8H,2-3,6H2,1H3,(H,17,18)(H2,16,19,20). The van der Waals surface area contributed by atoms with Crippen molar-refractivity contribution in [3.8, 4) is 0 Å². The van der Waals surface area contributed by atoms with Crippen LogP contribution in [0.25, 0.3) is 0 Å². The summed E-state index contributed by atoms with van der Waals surface area (Å²) in [5.41, 5.74) is -0.0669. The highest BCUT2D eigenvalue weighted by atomic mass is 79.9. The Kier molecular flexibility index (Phi) is 4.69. The lowest BCUT2D eigenvalue weighted by Gasteiger charge is -2.12. The van der Waals surface area contributed by atoms with Gasteiger partial charge in [0.25, 0.3) is 5.91 Å². The van der Waals surface area contributed by atoms with Gasteiger partial charge >= 0.3 is 0 Å². The van der Waals surface area contributed by atoms with Crippen molar-refractivity contribution < 1.29 is 17.6 Å². The van der Waals surface area contributed by atoms with E-state index in [4.69, 9.17) is 5.14 Å². The van der Waals surface area contributed by atoms with E-state index >= 15 is 0 Å². The number of primary sulfonamides is 1. The zero-order chi connectivity index (χ0) is 15.8. The fourth-order valence-corrected chi connectivity index (χ4v) is 3.63. The van der Waals surface area contributed by atoms with Gasteiger partial charge in [-0.05, 0) is 52.7 Å². The van der Waals surface area contributed by atoms with Gasteiger partial charge in [-0.25, -0.2) is 17.9 Å². The van der Waals surface area contributed by atoms with Crippen LogP contribution in [0.1, 0.15) is 30.1 Å². The Bertz CT molecular complexity index is 674. The monoisotopic (exact) mass is 378 g/mol. The molecule has 21 heavy (non-hydrogen) atoms. The number of hydrogen-bond acceptors (Lipinski definition) is 3. The normalized spacial score (nSPS) is 16.6. The second-order valence-electron chi connectivity index (χ2n) is 5.34. The van der Waals surface area contributed by atoms with E-state index in [0.29, 0.717) is 18.4 Å². The minimum Gasteiger partial charge on any atom is -0.352 e. The first-order valence-electron chi connectivity index (χ1n) is 6.50. The SMILES string of the molecule is CC(CNC(=O)c1cc(F)c(Br)c(S(N)(=O)=O)c1)C1CC1. The number of carbonyl (C=O) groups is 1. The molecule has 1 aromatic carbocycles. The van der Waals surface area contributed by atoms with Gasteiger partial charge in [0.1, 0.15) is 5.82 Å².